The molecule has 0 bridgehead atoms. The number of aliphatic hydroxyl groups excluding tert-OH is 2. The van der Waals surface area contributed by atoms with Crippen molar-refractivity contribution in [3.8, 4) is 0 Å². The van der Waals surface area contributed by atoms with Gasteiger partial charge < -0.3 is 10.2 Å². The van der Waals surface area contributed by atoms with Gasteiger partial charge in [-0.25, -0.2) is 0 Å². The van der Waals surface area contributed by atoms with Crippen LogP contribution >= 0.6 is 15.9 Å². The Bertz CT molecular complexity index is 573. The van der Waals surface area contributed by atoms with E-state index in [-0.39, 0.29) is 33.8 Å². The van der Waals surface area contributed by atoms with Crippen LogP contribution in [-0.2, 0) is 4.79 Å². The number of hydrogen-bond acceptors (Lipinski definition) is 3. The molecule has 0 aromatic heterocycles. The molecule has 0 aliphatic heterocycles. The van der Waals surface area contributed by atoms with Crippen molar-refractivity contribution in [1.29, 1.82) is 0 Å². The van der Waals surface area contributed by atoms with E-state index >= 15 is 0 Å². The molecule has 3 saturated carbocycles. The van der Waals surface area contributed by atoms with E-state index in [2.05, 4.69) is 29.8 Å². The van der Waals surface area contributed by atoms with Crippen molar-refractivity contribution in [2.75, 3.05) is 0 Å². The Balaban J connectivity index is 1.74. The Morgan fingerprint density at radius 3 is 2.57 bits per heavy atom. The molecule has 4 rings (SSSR count). The van der Waals surface area contributed by atoms with E-state index in [4.69, 9.17) is 0 Å². The number of carbonyl (C=O) groups excluding carboxylic acids is 1. The Morgan fingerprint density at radius 2 is 1.83 bits per heavy atom. The fraction of sp³-hybridized carbons (Fsp3) is 0.842. The fourth-order valence-corrected chi connectivity index (χ4v) is 7.35. The minimum absolute atomic E-state index is 0.0404. The largest absolute Gasteiger partial charge is 0.392 e. The predicted octanol–water partition coefficient (Wildman–Crippen LogP) is 3.22. The van der Waals surface area contributed by atoms with Crippen LogP contribution in [0.15, 0.2) is 11.6 Å². The molecule has 3 fully saturated rings. The second-order valence-corrected chi connectivity index (χ2v) is 9.91. The highest BCUT2D eigenvalue weighted by molar-refractivity contribution is 9.10. The van der Waals surface area contributed by atoms with Crippen LogP contribution in [0.1, 0.15) is 52.4 Å². The van der Waals surface area contributed by atoms with Crippen molar-refractivity contribution in [2.45, 2.75) is 69.4 Å². The van der Waals surface area contributed by atoms with Crippen molar-refractivity contribution in [1.82, 2.24) is 0 Å². The summed E-state index contributed by atoms with van der Waals surface area (Å²) in [7, 11) is 0. The molecular weight excluding hydrogens is 356 g/mol. The monoisotopic (exact) mass is 382 g/mol. The first-order valence-electron chi connectivity index (χ1n) is 9.03. The van der Waals surface area contributed by atoms with E-state index in [0.29, 0.717) is 24.0 Å². The van der Waals surface area contributed by atoms with Crippen LogP contribution in [0.25, 0.3) is 0 Å². The van der Waals surface area contributed by atoms with Gasteiger partial charge in [-0.1, -0.05) is 41.4 Å². The van der Waals surface area contributed by atoms with Crippen LogP contribution in [0, 0.1) is 28.6 Å². The summed E-state index contributed by atoms with van der Waals surface area (Å²) >= 11 is 3.58. The van der Waals surface area contributed by atoms with Crippen LogP contribution < -0.4 is 0 Å². The van der Waals surface area contributed by atoms with Gasteiger partial charge in [0.05, 0.1) is 17.0 Å². The number of hydrogen-bond donors (Lipinski definition) is 2. The summed E-state index contributed by atoms with van der Waals surface area (Å²) in [5.74, 6) is 1.29. The zero-order chi connectivity index (χ0) is 16.6. The van der Waals surface area contributed by atoms with Gasteiger partial charge in [0.25, 0.3) is 0 Å². The third-order valence-corrected chi connectivity index (χ3v) is 8.60. The lowest BCUT2D eigenvalue weighted by Gasteiger charge is -2.58. The average Bonchev–Trinajstić information content (AvgIpc) is 2.73. The van der Waals surface area contributed by atoms with Crippen molar-refractivity contribution in [3.05, 3.63) is 11.6 Å². The molecule has 128 valence electrons. The quantitative estimate of drug-likeness (QED) is 0.499. The first-order chi connectivity index (χ1) is 10.8. The molecule has 0 heterocycles. The molecule has 8 atom stereocenters. The summed E-state index contributed by atoms with van der Waals surface area (Å²) in [4.78, 5) is 12.6. The van der Waals surface area contributed by atoms with Gasteiger partial charge in [0.2, 0.25) is 0 Å². The smallest absolute Gasteiger partial charge is 0.152 e. The molecule has 3 nitrogen and oxygen atoms in total. The van der Waals surface area contributed by atoms with Crippen LogP contribution in [0.4, 0.5) is 0 Å². The van der Waals surface area contributed by atoms with Crippen LogP contribution in [0.2, 0.25) is 0 Å². The first-order valence-corrected chi connectivity index (χ1v) is 9.94. The Kier molecular flexibility index (Phi) is 3.65. The summed E-state index contributed by atoms with van der Waals surface area (Å²) in [6.07, 6.45) is 6.60. The van der Waals surface area contributed by atoms with Gasteiger partial charge in [-0.05, 0) is 61.7 Å². The molecule has 4 heteroatoms. The number of aliphatic hydroxyl groups is 2. The zero-order valence-electron chi connectivity index (χ0n) is 14.0. The van der Waals surface area contributed by atoms with Gasteiger partial charge in [-0.15, -0.1) is 0 Å². The van der Waals surface area contributed by atoms with E-state index < -0.39 is 0 Å². The van der Waals surface area contributed by atoms with Gasteiger partial charge >= 0.3 is 0 Å². The summed E-state index contributed by atoms with van der Waals surface area (Å²) in [6.45, 7) is 4.46. The van der Waals surface area contributed by atoms with E-state index in [9.17, 15) is 15.0 Å². The lowest BCUT2D eigenvalue weighted by molar-refractivity contribution is -0.138. The Labute approximate surface area is 146 Å². The van der Waals surface area contributed by atoms with Crippen molar-refractivity contribution in [3.63, 3.8) is 0 Å². The van der Waals surface area contributed by atoms with E-state index in [1.165, 1.54) is 5.57 Å². The maximum absolute atomic E-state index is 12.7. The van der Waals surface area contributed by atoms with Gasteiger partial charge in [0.15, 0.2) is 5.78 Å². The van der Waals surface area contributed by atoms with Crippen molar-refractivity contribution in [2.24, 2.45) is 28.6 Å². The molecule has 2 N–H and O–H groups in total. The number of halogens is 1. The summed E-state index contributed by atoms with van der Waals surface area (Å²) in [5.41, 5.74) is 1.09. The normalized spacial score (nSPS) is 55.7. The standard InChI is InChI=1S/C19H27BrO3/c1-18-5-3-11(21)7-10(18)8-15(22)16-12(18)4-6-19(2)13(16)9-14(20)17(19)23/h7,11-16,21-22H,3-6,8-9H2,1-2H3/t11-,12+,13+,14-,15-,16-,18+,19+/m1/s1. The highest BCUT2D eigenvalue weighted by Gasteiger charge is 2.63. The molecular formula is C19H27BrO3. The maximum Gasteiger partial charge on any atom is 0.152 e. The lowest BCUT2D eigenvalue weighted by Crippen LogP contribution is -2.55. The molecule has 0 unspecified atom stereocenters. The number of rotatable bonds is 0. The zero-order valence-corrected chi connectivity index (χ0v) is 15.6. The molecule has 0 spiro atoms. The second kappa shape index (κ2) is 5.15. The Hall–Kier alpha value is -0.190. The van der Waals surface area contributed by atoms with Gasteiger partial charge in [-0.3, -0.25) is 4.79 Å². The van der Waals surface area contributed by atoms with E-state index in [0.717, 1.165) is 32.1 Å². The lowest BCUT2D eigenvalue weighted by atomic mass is 9.46. The molecule has 0 amide bonds. The molecule has 4 aliphatic carbocycles. The van der Waals surface area contributed by atoms with Crippen LogP contribution in [0.3, 0.4) is 0 Å². The molecule has 0 saturated heterocycles. The SMILES string of the molecule is C[C@]12CC[C@@H](O)C=C1C[C@@H](O)[C@@H]1[C@@H]2CC[C@]2(C)C(=O)[C@H](Br)C[C@@H]12. The third kappa shape index (κ3) is 2.10. The van der Waals surface area contributed by atoms with Crippen molar-refractivity contribution >= 4 is 21.7 Å². The predicted molar refractivity (Wildman–Crippen MR) is 92.2 cm³/mol. The number of alkyl halides is 1. The fourth-order valence-electron chi connectivity index (χ4n) is 6.43. The Morgan fingerprint density at radius 1 is 1.13 bits per heavy atom. The molecule has 4 aliphatic rings. The van der Waals surface area contributed by atoms with Gasteiger partial charge in [0.1, 0.15) is 0 Å². The minimum atomic E-state index is -0.375. The highest BCUT2D eigenvalue weighted by Crippen LogP contribution is 2.65. The topological polar surface area (TPSA) is 57.5 Å². The molecule has 0 aromatic rings. The van der Waals surface area contributed by atoms with E-state index in [1.807, 2.05) is 6.08 Å². The maximum atomic E-state index is 12.7. The number of Topliss-reactive ketones (excluding diaryl/α,β-unsaturated/α-hetero) is 1. The van der Waals surface area contributed by atoms with E-state index in [1.54, 1.807) is 0 Å². The van der Waals surface area contributed by atoms with Crippen molar-refractivity contribution < 1.29 is 15.0 Å². The molecule has 0 radical (unpaired) electrons. The summed E-state index contributed by atoms with van der Waals surface area (Å²) < 4.78 is 0. The second-order valence-electron chi connectivity index (χ2n) is 8.80. The summed E-state index contributed by atoms with van der Waals surface area (Å²) in [5, 5.41) is 20.9. The highest BCUT2D eigenvalue weighted by atomic mass is 79.9. The summed E-state index contributed by atoms with van der Waals surface area (Å²) in [6, 6.07) is 0. The molecule has 0 aromatic carbocycles. The number of ketones is 1. The van der Waals surface area contributed by atoms with Gasteiger partial charge in [-0.2, -0.15) is 0 Å². The first kappa shape index (κ1) is 16.3. The number of carbonyl (C=O) groups is 1. The molecule has 23 heavy (non-hydrogen) atoms. The van der Waals surface area contributed by atoms with Gasteiger partial charge in [0, 0.05) is 5.41 Å². The number of fused-ring (bicyclic) bond motifs is 5. The average molecular weight is 383 g/mol. The van der Waals surface area contributed by atoms with Crippen LogP contribution in [-0.4, -0.2) is 33.0 Å². The third-order valence-electron chi connectivity index (χ3n) is 7.81. The van der Waals surface area contributed by atoms with Crippen LogP contribution in [0.5, 0.6) is 0 Å². The minimum Gasteiger partial charge on any atom is -0.392 e.